The highest BCUT2D eigenvalue weighted by Crippen LogP contribution is 2.12. The van der Waals surface area contributed by atoms with E-state index in [1.165, 1.54) is 11.1 Å². The molecule has 2 heterocycles. The summed E-state index contributed by atoms with van der Waals surface area (Å²) in [5, 5.41) is 4.33. The number of nitrogens with zero attached hydrogens (tertiary/aromatic N) is 4. The SMILES string of the molecule is Cc1cccc(Cn2ncnc2CCN2CCCCC2=O)c1. The Labute approximate surface area is 131 Å². The van der Waals surface area contributed by atoms with Crippen LogP contribution in [-0.4, -0.2) is 38.7 Å². The molecule has 0 bridgehead atoms. The Morgan fingerprint density at radius 1 is 1.27 bits per heavy atom. The van der Waals surface area contributed by atoms with Gasteiger partial charge in [0.2, 0.25) is 5.91 Å². The highest BCUT2D eigenvalue weighted by Gasteiger charge is 2.18. The van der Waals surface area contributed by atoms with Crippen molar-refractivity contribution in [2.45, 2.75) is 39.2 Å². The number of carbonyl (C=O) groups excluding carboxylic acids is 1. The van der Waals surface area contributed by atoms with Gasteiger partial charge in [0.1, 0.15) is 12.2 Å². The van der Waals surface area contributed by atoms with E-state index in [0.717, 1.165) is 44.7 Å². The summed E-state index contributed by atoms with van der Waals surface area (Å²) in [4.78, 5) is 18.2. The van der Waals surface area contributed by atoms with Crippen LogP contribution in [-0.2, 0) is 17.8 Å². The van der Waals surface area contributed by atoms with E-state index in [9.17, 15) is 4.79 Å². The van der Waals surface area contributed by atoms with Crippen molar-refractivity contribution in [2.75, 3.05) is 13.1 Å². The van der Waals surface area contributed by atoms with E-state index in [2.05, 4.69) is 41.3 Å². The van der Waals surface area contributed by atoms with Gasteiger partial charge in [0.15, 0.2) is 0 Å². The van der Waals surface area contributed by atoms with Crippen LogP contribution >= 0.6 is 0 Å². The van der Waals surface area contributed by atoms with Gasteiger partial charge in [0.25, 0.3) is 0 Å². The highest BCUT2D eigenvalue weighted by molar-refractivity contribution is 5.76. The molecule has 0 unspecified atom stereocenters. The largest absolute Gasteiger partial charge is 0.342 e. The number of hydrogen-bond donors (Lipinski definition) is 0. The second kappa shape index (κ2) is 6.73. The predicted octanol–water partition coefficient (Wildman–Crippen LogP) is 2.19. The number of aryl methyl sites for hydroxylation is 1. The highest BCUT2D eigenvalue weighted by atomic mass is 16.2. The molecule has 1 aliphatic heterocycles. The van der Waals surface area contributed by atoms with Crippen LogP contribution in [0.4, 0.5) is 0 Å². The Kier molecular flexibility index (Phi) is 4.51. The van der Waals surface area contributed by atoms with Crippen LogP contribution in [0.2, 0.25) is 0 Å². The number of likely N-dealkylation sites (tertiary alicyclic amines) is 1. The summed E-state index contributed by atoms with van der Waals surface area (Å²) in [6, 6.07) is 8.42. The van der Waals surface area contributed by atoms with Crippen molar-refractivity contribution >= 4 is 5.91 Å². The first kappa shape index (κ1) is 14.8. The molecule has 5 heteroatoms. The first-order valence-electron chi connectivity index (χ1n) is 7.92. The summed E-state index contributed by atoms with van der Waals surface area (Å²) < 4.78 is 1.93. The van der Waals surface area contributed by atoms with E-state index in [1.807, 2.05) is 9.58 Å². The van der Waals surface area contributed by atoms with Gasteiger partial charge in [-0.25, -0.2) is 9.67 Å². The summed E-state index contributed by atoms with van der Waals surface area (Å²) in [6.07, 6.45) is 5.19. The van der Waals surface area contributed by atoms with Crippen LogP contribution in [0.1, 0.15) is 36.2 Å². The van der Waals surface area contributed by atoms with Gasteiger partial charge < -0.3 is 4.90 Å². The molecule has 2 aromatic rings. The molecule has 1 saturated heterocycles. The Hall–Kier alpha value is -2.17. The van der Waals surface area contributed by atoms with Crippen LogP contribution < -0.4 is 0 Å². The standard InChI is InChI=1S/C17H22N4O/c1-14-5-4-6-15(11-14)12-21-16(18-13-19-21)8-10-20-9-3-2-7-17(20)22/h4-6,11,13H,2-3,7-10,12H2,1H3. The minimum Gasteiger partial charge on any atom is -0.342 e. The number of piperidine rings is 1. The Morgan fingerprint density at radius 2 is 2.18 bits per heavy atom. The van der Waals surface area contributed by atoms with E-state index in [4.69, 9.17) is 0 Å². The quantitative estimate of drug-likeness (QED) is 0.850. The second-order valence-electron chi connectivity index (χ2n) is 5.91. The van der Waals surface area contributed by atoms with Crippen LogP contribution in [0.25, 0.3) is 0 Å². The van der Waals surface area contributed by atoms with Crippen LogP contribution in [0.3, 0.4) is 0 Å². The average molecular weight is 298 g/mol. The van der Waals surface area contributed by atoms with Crippen molar-refractivity contribution in [2.24, 2.45) is 0 Å². The first-order chi connectivity index (χ1) is 10.7. The first-order valence-corrected chi connectivity index (χ1v) is 7.92. The molecule has 3 rings (SSSR count). The van der Waals surface area contributed by atoms with Gasteiger partial charge in [-0.1, -0.05) is 29.8 Å². The summed E-state index contributed by atoms with van der Waals surface area (Å²) in [5.41, 5.74) is 2.47. The van der Waals surface area contributed by atoms with Crippen molar-refractivity contribution in [3.05, 3.63) is 47.5 Å². The molecule has 116 valence electrons. The third-order valence-corrected chi connectivity index (χ3v) is 4.14. The second-order valence-corrected chi connectivity index (χ2v) is 5.91. The number of amides is 1. The molecule has 1 aromatic carbocycles. The third-order valence-electron chi connectivity index (χ3n) is 4.14. The lowest BCUT2D eigenvalue weighted by molar-refractivity contribution is -0.133. The third kappa shape index (κ3) is 3.53. The smallest absolute Gasteiger partial charge is 0.222 e. The zero-order valence-corrected chi connectivity index (χ0v) is 13.0. The van der Waals surface area contributed by atoms with Gasteiger partial charge in [-0.05, 0) is 25.3 Å². The van der Waals surface area contributed by atoms with Crippen molar-refractivity contribution in [3.8, 4) is 0 Å². The maximum Gasteiger partial charge on any atom is 0.222 e. The van der Waals surface area contributed by atoms with Gasteiger partial charge in [-0.2, -0.15) is 5.10 Å². The van der Waals surface area contributed by atoms with E-state index in [-0.39, 0.29) is 5.91 Å². The Bertz CT molecular complexity index is 650. The fourth-order valence-corrected chi connectivity index (χ4v) is 2.93. The molecule has 0 saturated carbocycles. The molecule has 1 amide bonds. The molecule has 0 atom stereocenters. The number of hydrogen-bond acceptors (Lipinski definition) is 3. The van der Waals surface area contributed by atoms with Crippen LogP contribution in [0.15, 0.2) is 30.6 Å². The summed E-state index contributed by atoms with van der Waals surface area (Å²) >= 11 is 0. The van der Waals surface area contributed by atoms with Gasteiger partial charge in [-0.15, -0.1) is 0 Å². The fraction of sp³-hybridized carbons (Fsp3) is 0.471. The van der Waals surface area contributed by atoms with E-state index in [1.54, 1.807) is 6.33 Å². The minimum atomic E-state index is 0.274. The van der Waals surface area contributed by atoms with Gasteiger partial charge in [0.05, 0.1) is 6.54 Å². The van der Waals surface area contributed by atoms with Crippen molar-refractivity contribution in [1.82, 2.24) is 19.7 Å². The molecule has 22 heavy (non-hydrogen) atoms. The molecule has 0 N–H and O–H groups in total. The zero-order valence-electron chi connectivity index (χ0n) is 13.0. The lowest BCUT2D eigenvalue weighted by atomic mass is 10.1. The average Bonchev–Trinajstić information content (AvgIpc) is 2.94. The van der Waals surface area contributed by atoms with Crippen molar-refractivity contribution in [3.63, 3.8) is 0 Å². The molecule has 0 radical (unpaired) electrons. The molecule has 0 aliphatic carbocycles. The monoisotopic (exact) mass is 298 g/mol. The van der Waals surface area contributed by atoms with Crippen molar-refractivity contribution < 1.29 is 4.79 Å². The van der Waals surface area contributed by atoms with Crippen LogP contribution in [0, 0.1) is 6.92 Å². The maximum atomic E-state index is 11.9. The zero-order chi connectivity index (χ0) is 15.4. The lowest BCUT2D eigenvalue weighted by Gasteiger charge is -2.26. The minimum absolute atomic E-state index is 0.274. The number of rotatable bonds is 5. The molecule has 1 aromatic heterocycles. The summed E-state index contributed by atoms with van der Waals surface area (Å²) in [5.74, 6) is 1.22. The number of carbonyl (C=O) groups is 1. The van der Waals surface area contributed by atoms with Gasteiger partial charge >= 0.3 is 0 Å². The molecule has 5 nitrogen and oxygen atoms in total. The molecule has 1 aliphatic rings. The molecular formula is C17H22N4O. The maximum absolute atomic E-state index is 11.9. The number of benzene rings is 1. The topological polar surface area (TPSA) is 51.0 Å². The Morgan fingerprint density at radius 3 is 3.00 bits per heavy atom. The van der Waals surface area contributed by atoms with Gasteiger partial charge in [-0.3, -0.25) is 4.79 Å². The van der Waals surface area contributed by atoms with Crippen LogP contribution in [0.5, 0.6) is 0 Å². The lowest BCUT2D eigenvalue weighted by Crippen LogP contribution is -2.37. The van der Waals surface area contributed by atoms with E-state index in [0.29, 0.717) is 6.42 Å². The molecule has 0 spiro atoms. The predicted molar refractivity (Wildman–Crippen MR) is 84.4 cm³/mol. The molecular weight excluding hydrogens is 276 g/mol. The summed E-state index contributed by atoms with van der Waals surface area (Å²) in [6.45, 7) is 4.44. The fourth-order valence-electron chi connectivity index (χ4n) is 2.93. The summed E-state index contributed by atoms with van der Waals surface area (Å²) in [7, 11) is 0. The normalized spacial score (nSPS) is 15.3. The van der Waals surface area contributed by atoms with E-state index >= 15 is 0 Å². The van der Waals surface area contributed by atoms with E-state index < -0.39 is 0 Å². The molecule has 1 fully saturated rings. The Balaban J connectivity index is 1.63. The number of aromatic nitrogens is 3. The van der Waals surface area contributed by atoms with Gasteiger partial charge in [0, 0.05) is 25.9 Å². The van der Waals surface area contributed by atoms with Crippen molar-refractivity contribution in [1.29, 1.82) is 0 Å².